The Morgan fingerprint density at radius 1 is 1.23 bits per heavy atom. The van der Waals surface area contributed by atoms with E-state index in [1.165, 1.54) is 0 Å². The number of ether oxygens (including phenoxy) is 1. The highest BCUT2D eigenvalue weighted by Gasteiger charge is 2.61. The van der Waals surface area contributed by atoms with Gasteiger partial charge in [0.25, 0.3) is 0 Å². The van der Waals surface area contributed by atoms with Crippen LogP contribution in [0.3, 0.4) is 0 Å². The first-order valence-electron chi connectivity index (χ1n) is 10.4. The number of hydrogen-bond donors (Lipinski definition) is 1. The molecule has 0 spiro atoms. The summed E-state index contributed by atoms with van der Waals surface area (Å²) in [6.07, 6.45) is 5.92. The van der Waals surface area contributed by atoms with Gasteiger partial charge in [-0.1, -0.05) is 44.2 Å². The van der Waals surface area contributed by atoms with Crippen LogP contribution in [-0.2, 0) is 9.53 Å². The SMILES string of the molecule is CC1CC2(O)C(=O)OC(C)C2C(C=Cc2ccc(-c3ccccc3C#N)cn2)C1C. The maximum absolute atomic E-state index is 12.3. The number of nitrogens with zero attached hydrogens (tertiary/aromatic N) is 2. The minimum Gasteiger partial charge on any atom is -0.460 e. The molecule has 1 saturated heterocycles. The lowest BCUT2D eigenvalue weighted by atomic mass is 9.60. The third-order valence-electron chi connectivity index (χ3n) is 6.89. The minimum atomic E-state index is -1.40. The Morgan fingerprint density at radius 3 is 2.70 bits per heavy atom. The molecule has 2 aromatic rings. The molecule has 1 aliphatic heterocycles. The summed E-state index contributed by atoms with van der Waals surface area (Å²) in [6, 6.07) is 13.5. The van der Waals surface area contributed by atoms with Gasteiger partial charge >= 0.3 is 5.97 Å². The summed E-state index contributed by atoms with van der Waals surface area (Å²) >= 11 is 0. The summed E-state index contributed by atoms with van der Waals surface area (Å²) in [6.45, 7) is 6.11. The molecular weight excluding hydrogens is 376 g/mol. The number of carbonyl (C=O) groups is 1. The molecule has 6 atom stereocenters. The van der Waals surface area contributed by atoms with Crippen LogP contribution in [0.2, 0.25) is 0 Å². The summed E-state index contributed by atoms with van der Waals surface area (Å²) in [5, 5.41) is 20.4. The van der Waals surface area contributed by atoms with E-state index in [2.05, 4.69) is 31.0 Å². The molecule has 1 aromatic heterocycles. The predicted octanol–water partition coefficient (Wildman–Crippen LogP) is 4.22. The lowest BCUT2D eigenvalue weighted by Gasteiger charge is -2.44. The van der Waals surface area contributed by atoms with Gasteiger partial charge in [0.1, 0.15) is 6.10 Å². The molecule has 1 saturated carbocycles. The normalized spacial score (nSPS) is 33.2. The zero-order chi connectivity index (χ0) is 21.5. The number of nitriles is 1. The van der Waals surface area contributed by atoms with Gasteiger partial charge in [-0.2, -0.15) is 5.26 Å². The Morgan fingerprint density at radius 2 is 2.00 bits per heavy atom. The molecule has 5 heteroatoms. The molecule has 1 aromatic carbocycles. The van der Waals surface area contributed by atoms with Crippen LogP contribution in [0.1, 0.15) is 38.4 Å². The van der Waals surface area contributed by atoms with Crippen molar-refractivity contribution in [3.8, 4) is 17.2 Å². The van der Waals surface area contributed by atoms with Gasteiger partial charge < -0.3 is 9.84 Å². The highest BCUT2D eigenvalue weighted by molar-refractivity contribution is 5.82. The smallest absolute Gasteiger partial charge is 0.338 e. The average Bonchev–Trinajstić information content (AvgIpc) is 2.97. The zero-order valence-electron chi connectivity index (χ0n) is 17.4. The first kappa shape index (κ1) is 20.3. The van der Waals surface area contributed by atoms with Crippen LogP contribution < -0.4 is 0 Å². The minimum absolute atomic E-state index is 0.0148. The number of esters is 1. The molecule has 0 radical (unpaired) electrons. The van der Waals surface area contributed by atoms with Gasteiger partial charge in [-0.3, -0.25) is 4.98 Å². The molecule has 154 valence electrons. The van der Waals surface area contributed by atoms with E-state index in [1.807, 2.05) is 43.3 Å². The van der Waals surface area contributed by atoms with E-state index >= 15 is 0 Å². The summed E-state index contributed by atoms with van der Waals surface area (Å²) in [5.41, 5.74) is 1.75. The van der Waals surface area contributed by atoms with Crippen molar-refractivity contribution in [3.63, 3.8) is 0 Å². The zero-order valence-corrected chi connectivity index (χ0v) is 17.4. The van der Waals surface area contributed by atoms with Crippen LogP contribution in [0.5, 0.6) is 0 Å². The third kappa shape index (κ3) is 3.32. The Hall–Kier alpha value is -2.97. The fourth-order valence-corrected chi connectivity index (χ4v) is 5.10. The van der Waals surface area contributed by atoms with Gasteiger partial charge in [-0.05, 0) is 49.3 Å². The number of carbonyl (C=O) groups excluding carboxylic acids is 1. The van der Waals surface area contributed by atoms with E-state index in [1.54, 1.807) is 12.3 Å². The van der Waals surface area contributed by atoms with E-state index in [0.717, 1.165) is 16.8 Å². The summed E-state index contributed by atoms with van der Waals surface area (Å²) < 4.78 is 5.41. The summed E-state index contributed by atoms with van der Waals surface area (Å²) in [4.78, 5) is 16.8. The van der Waals surface area contributed by atoms with Crippen LogP contribution in [-0.4, -0.2) is 27.8 Å². The number of rotatable bonds is 3. The molecule has 0 amide bonds. The molecule has 1 N–H and O–H groups in total. The first-order valence-corrected chi connectivity index (χ1v) is 10.4. The number of aromatic nitrogens is 1. The molecule has 30 heavy (non-hydrogen) atoms. The van der Waals surface area contributed by atoms with Crippen molar-refractivity contribution in [1.82, 2.24) is 4.98 Å². The standard InChI is InChI=1S/C25H26N2O3/c1-15-12-25(29)23(17(3)30-24(25)28)21(16(15)2)11-10-20-9-8-19(14-27-20)22-7-5-4-6-18(22)13-26/h4-11,14-17,21,23,29H,12H2,1-3H3. The second-order valence-electron chi connectivity index (χ2n) is 8.67. The van der Waals surface area contributed by atoms with E-state index in [9.17, 15) is 15.2 Å². The van der Waals surface area contributed by atoms with Crippen molar-refractivity contribution in [2.75, 3.05) is 0 Å². The molecule has 2 heterocycles. The number of fused-ring (bicyclic) bond motifs is 1. The van der Waals surface area contributed by atoms with Crippen molar-refractivity contribution in [1.29, 1.82) is 5.26 Å². The predicted molar refractivity (Wildman–Crippen MR) is 114 cm³/mol. The van der Waals surface area contributed by atoms with Gasteiger partial charge in [0, 0.05) is 23.2 Å². The monoisotopic (exact) mass is 402 g/mol. The maximum atomic E-state index is 12.3. The van der Waals surface area contributed by atoms with E-state index in [-0.39, 0.29) is 23.9 Å². The third-order valence-corrected chi connectivity index (χ3v) is 6.89. The molecule has 4 rings (SSSR count). The lowest BCUT2D eigenvalue weighted by molar-refractivity contribution is -0.160. The number of hydrogen-bond acceptors (Lipinski definition) is 5. The van der Waals surface area contributed by atoms with Crippen LogP contribution in [0.4, 0.5) is 0 Å². The molecule has 2 aliphatic rings. The molecule has 0 bridgehead atoms. The fourth-order valence-electron chi connectivity index (χ4n) is 5.10. The number of allylic oxidation sites excluding steroid dienone is 1. The molecule has 5 nitrogen and oxygen atoms in total. The van der Waals surface area contributed by atoms with Crippen molar-refractivity contribution in [2.24, 2.45) is 23.7 Å². The second kappa shape index (κ2) is 7.70. The van der Waals surface area contributed by atoms with Crippen molar-refractivity contribution in [2.45, 2.75) is 38.9 Å². The van der Waals surface area contributed by atoms with Crippen LogP contribution >= 0.6 is 0 Å². The van der Waals surface area contributed by atoms with Gasteiger partial charge in [0.2, 0.25) is 0 Å². The van der Waals surface area contributed by atoms with Crippen molar-refractivity contribution >= 4 is 12.0 Å². The van der Waals surface area contributed by atoms with Crippen molar-refractivity contribution < 1.29 is 14.6 Å². The first-order chi connectivity index (χ1) is 14.3. The van der Waals surface area contributed by atoms with E-state index in [4.69, 9.17) is 4.74 Å². The van der Waals surface area contributed by atoms with Gasteiger partial charge in [-0.15, -0.1) is 0 Å². The van der Waals surface area contributed by atoms with Crippen LogP contribution in [0.15, 0.2) is 48.7 Å². The van der Waals surface area contributed by atoms with E-state index < -0.39 is 11.6 Å². The van der Waals surface area contributed by atoms with Crippen LogP contribution in [0, 0.1) is 35.0 Å². The molecular formula is C25H26N2O3. The highest BCUT2D eigenvalue weighted by Crippen LogP contribution is 2.51. The van der Waals surface area contributed by atoms with Gasteiger partial charge in [-0.25, -0.2) is 4.79 Å². The largest absolute Gasteiger partial charge is 0.460 e. The lowest BCUT2D eigenvalue weighted by Crippen LogP contribution is -2.52. The van der Waals surface area contributed by atoms with Gasteiger partial charge in [0.15, 0.2) is 5.60 Å². The number of pyridine rings is 1. The summed E-state index contributed by atoms with van der Waals surface area (Å²) in [5.74, 6) is -0.215. The average molecular weight is 402 g/mol. The quantitative estimate of drug-likeness (QED) is 0.777. The fraction of sp³-hybridized carbons (Fsp3) is 0.400. The summed E-state index contributed by atoms with van der Waals surface area (Å²) in [7, 11) is 0. The Labute approximate surface area is 177 Å². The highest BCUT2D eigenvalue weighted by atomic mass is 16.6. The molecule has 1 aliphatic carbocycles. The Bertz CT molecular complexity index is 1020. The second-order valence-corrected chi connectivity index (χ2v) is 8.67. The Kier molecular flexibility index (Phi) is 5.21. The maximum Gasteiger partial charge on any atom is 0.338 e. The van der Waals surface area contributed by atoms with Crippen molar-refractivity contribution in [3.05, 3.63) is 59.9 Å². The van der Waals surface area contributed by atoms with Crippen LogP contribution in [0.25, 0.3) is 17.2 Å². The number of benzene rings is 1. The molecule has 2 fully saturated rings. The van der Waals surface area contributed by atoms with E-state index in [0.29, 0.717) is 17.9 Å². The Balaban J connectivity index is 1.60. The van der Waals surface area contributed by atoms with Gasteiger partial charge in [0.05, 0.1) is 17.3 Å². The number of cyclic esters (lactones) is 1. The topological polar surface area (TPSA) is 83.2 Å². The molecule has 6 unspecified atom stereocenters. The number of aliphatic hydroxyl groups is 1.